The van der Waals surface area contributed by atoms with E-state index in [0.29, 0.717) is 6.04 Å². The van der Waals surface area contributed by atoms with Crippen LogP contribution < -0.4 is 5.32 Å². The Morgan fingerprint density at radius 3 is 2.90 bits per heavy atom. The lowest BCUT2D eigenvalue weighted by Gasteiger charge is -2.24. The van der Waals surface area contributed by atoms with Crippen LogP contribution in [0.1, 0.15) is 69.6 Å². The van der Waals surface area contributed by atoms with Gasteiger partial charge in [0.15, 0.2) is 5.82 Å². The molecule has 4 nitrogen and oxygen atoms in total. The van der Waals surface area contributed by atoms with E-state index in [2.05, 4.69) is 17.2 Å². The first-order valence-electron chi connectivity index (χ1n) is 7.73. The highest BCUT2D eigenvalue weighted by molar-refractivity contribution is 5.24. The highest BCUT2D eigenvalue weighted by Gasteiger charge is 2.26. The Hall–Kier alpha value is -1.00. The molecule has 0 radical (unpaired) electrons. The molecule has 4 heteroatoms. The fraction of sp³-hybridized carbons (Fsp3) is 0.750. The van der Waals surface area contributed by atoms with Crippen LogP contribution in [0.2, 0.25) is 0 Å². The largest absolute Gasteiger partial charge is 0.371 e. The van der Waals surface area contributed by atoms with Gasteiger partial charge in [0.25, 0.3) is 0 Å². The first-order chi connectivity index (χ1) is 9.58. The molecule has 0 saturated heterocycles. The van der Waals surface area contributed by atoms with Crippen LogP contribution in [0.15, 0.2) is 6.20 Å². The maximum absolute atomic E-state index is 5.50. The van der Waals surface area contributed by atoms with E-state index in [4.69, 9.17) is 9.72 Å². The van der Waals surface area contributed by atoms with Crippen LogP contribution in [-0.4, -0.2) is 23.6 Å². The van der Waals surface area contributed by atoms with Crippen LogP contribution in [0.5, 0.6) is 0 Å². The lowest BCUT2D eigenvalue weighted by molar-refractivity contribution is 0.0112. The minimum absolute atomic E-state index is 0.409. The molecule has 20 heavy (non-hydrogen) atoms. The molecule has 112 valence electrons. The molecule has 1 unspecified atom stereocenters. The number of nitrogens with zero attached hydrogens (tertiary/aromatic N) is 2. The van der Waals surface area contributed by atoms with Crippen molar-refractivity contribution >= 4 is 0 Å². The van der Waals surface area contributed by atoms with E-state index in [9.17, 15) is 0 Å². The smallest absolute Gasteiger partial charge is 0.159 e. The molecule has 0 aliphatic heterocycles. The Morgan fingerprint density at radius 2 is 2.20 bits per heavy atom. The van der Waals surface area contributed by atoms with Gasteiger partial charge in [-0.05, 0) is 46.1 Å². The summed E-state index contributed by atoms with van der Waals surface area (Å²) in [4.78, 5) is 9.36. The molecule has 0 aromatic carbocycles. The van der Waals surface area contributed by atoms with Gasteiger partial charge in [0.2, 0.25) is 0 Å². The molecule has 0 spiro atoms. The summed E-state index contributed by atoms with van der Waals surface area (Å²) >= 11 is 0. The fourth-order valence-corrected chi connectivity index (χ4v) is 2.63. The van der Waals surface area contributed by atoms with Crippen LogP contribution in [0, 0.1) is 0 Å². The second-order valence-corrected chi connectivity index (χ2v) is 6.06. The van der Waals surface area contributed by atoms with Crippen molar-refractivity contribution in [2.45, 2.75) is 64.5 Å². The zero-order valence-electron chi connectivity index (χ0n) is 13.2. The Morgan fingerprint density at radius 1 is 1.40 bits per heavy atom. The zero-order valence-corrected chi connectivity index (χ0v) is 13.2. The molecule has 1 heterocycles. The summed E-state index contributed by atoms with van der Waals surface area (Å²) in [6.07, 6.45) is 7.86. The number of aromatic nitrogens is 2. The van der Waals surface area contributed by atoms with Crippen molar-refractivity contribution in [3.63, 3.8) is 0 Å². The predicted molar refractivity (Wildman–Crippen MR) is 80.7 cm³/mol. The van der Waals surface area contributed by atoms with Crippen molar-refractivity contribution in [1.29, 1.82) is 0 Å². The number of hydrogen-bond donors (Lipinski definition) is 1. The Balaban J connectivity index is 2.29. The van der Waals surface area contributed by atoms with Crippen LogP contribution in [0.25, 0.3) is 0 Å². The molecule has 1 aromatic rings. The van der Waals surface area contributed by atoms with E-state index in [-0.39, 0.29) is 0 Å². The van der Waals surface area contributed by atoms with Crippen molar-refractivity contribution in [3.05, 3.63) is 23.3 Å². The number of methoxy groups -OCH3 is 1. The highest BCUT2D eigenvalue weighted by Crippen LogP contribution is 2.29. The molecule has 2 rings (SSSR count). The number of hydrogen-bond acceptors (Lipinski definition) is 4. The number of fused-ring (bicyclic) bond motifs is 1. The number of aryl methyl sites for hydroxylation is 1. The van der Waals surface area contributed by atoms with Gasteiger partial charge in [-0.25, -0.2) is 9.97 Å². The van der Waals surface area contributed by atoms with Crippen LogP contribution >= 0.6 is 0 Å². The third kappa shape index (κ3) is 3.36. The first kappa shape index (κ1) is 15.4. The summed E-state index contributed by atoms with van der Waals surface area (Å²) < 4.78 is 5.50. The van der Waals surface area contributed by atoms with Crippen molar-refractivity contribution in [3.8, 4) is 0 Å². The quantitative estimate of drug-likeness (QED) is 0.840. The molecule has 1 atom stereocenters. The first-order valence-corrected chi connectivity index (χ1v) is 7.73. The van der Waals surface area contributed by atoms with Gasteiger partial charge < -0.3 is 10.1 Å². The van der Waals surface area contributed by atoms with E-state index >= 15 is 0 Å². The van der Waals surface area contributed by atoms with Crippen molar-refractivity contribution in [2.75, 3.05) is 13.7 Å². The topological polar surface area (TPSA) is 47.0 Å². The van der Waals surface area contributed by atoms with Crippen LogP contribution in [0.4, 0.5) is 0 Å². The molecule has 1 aromatic heterocycles. The molecule has 1 aliphatic rings. The highest BCUT2D eigenvalue weighted by atomic mass is 16.5. The minimum atomic E-state index is -0.423. The maximum atomic E-state index is 5.50. The van der Waals surface area contributed by atoms with Gasteiger partial charge in [-0.15, -0.1) is 0 Å². The number of nitrogens with one attached hydrogen (secondary N) is 1. The molecule has 1 aliphatic carbocycles. The van der Waals surface area contributed by atoms with Gasteiger partial charge >= 0.3 is 0 Å². The predicted octanol–water partition coefficient (Wildman–Crippen LogP) is 3.13. The average Bonchev–Trinajstić information content (AvgIpc) is 2.66. The Bertz CT molecular complexity index is 445. The molecule has 0 bridgehead atoms. The Kier molecular flexibility index (Phi) is 5.11. The maximum Gasteiger partial charge on any atom is 0.159 e. The van der Waals surface area contributed by atoms with Gasteiger partial charge in [0.1, 0.15) is 5.60 Å². The van der Waals surface area contributed by atoms with Gasteiger partial charge in [0, 0.05) is 30.6 Å². The lowest BCUT2D eigenvalue weighted by Crippen LogP contribution is -2.26. The van der Waals surface area contributed by atoms with E-state index in [1.54, 1.807) is 7.11 Å². The summed E-state index contributed by atoms with van der Waals surface area (Å²) in [5.74, 6) is 0.787. The zero-order chi connectivity index (χ0) is 14.6. The minimum Gasteiger partial charge on any atom is -0.371 e. The molecule has 0 amide bonds. The molecular weight excluding hydrogens is 250 g/mol. The molecular formula is C16H27N3O. The summed E-state index contributed by atoms with van der Waals surface area (Å²) in [5, 5.41) is 3.63. The molecule has 0 saturated carbocycles. The monoisotopic (exact) mass is 277 g/mol. The second-order valence-electron chi connectivity index (χ2n) is 6.06. The summed E-state index contributed by atoms with van der Waals surface area (Å²) in [7, 11) is 1.71. The fourth-order valence-electron chi connectivity index (χ4n) is 2.63. The summed E-state index contributed by atoms with van der Waals surface area (Å²) in [6, 6.07) is 0.409. The van der Waals surface area contributed by atoms with E-state index in [1.807, 2.05) is 20.0 Å². The normalized spacial score (nSPS) is 19.5. The van der Waals surface area contributed by atoms with Gasteiger partial charge in [0.05, 0.1) is 0 Å². The van der Waals surface area contributed by atoms with Crippen molar-refractivity contribution in [1.82, 2.24) is 15.3 Å². The van der Waals surface area contributed by atoms with E-state index < -0.39 is 5.60 Å². The third-order valence-corrected chi connectivity index (χ3v) is 4.12. The second kappa shape index (κ2) is 6.64. The van der Waals surface area contributed by atoms with E-state index in [0.717, 1.165) is 25.2 Å². The average molecular weight is 277 g/mol. The van der Waals surface area contributed by atoms with Gasteiger partial charge in [-0.1, -0.05) is 13.3 Å². The molecule has 1 N–H and O–H groups in total. The van der Waals surface area contributed by atoms with Crippen molar-refractivity contribution < 1.29 is 4.74 Å². The number of rotatable bonds is 5. The SMILES string of the molecule is CCCNC1CCCCc2nc(C(C)(C)OC)ncc21. The summed E-state index contributed by atoms with van der Waals surface area (Å²) in [5.41, 5.74) is 2.06. The lowest BCUT2D eigenvalue weighted by atomic mass is 10.0. The Labute approximate surface area is 122 Å². The third-order valence-electron chi connectivity index (χ3n) is 4.12. The standard InChI is InChI=1S/C16H27N3O/c1-5-10-17-13-8-6-7-9-14-12(13)11-18-15(19-14)16(2,3)20-4/h11,13,17H,5-10H2,1-4H3. The number of ether oxygens (including phenoxy) is 1. The van der Waals surface area contributed by atoms with Gasteiger partial charge in [-0.3, -0.25) is 0 Å². The van der Waals surface area contributed by atoms with Gasteiger partial charge in [-0.2, -0.15) is 0 Å². The van der Waals surface area contributed by atoms with Crippen molar-refractivity contribution in [2.24, 2.45) is 0 Å². The van der Waals surface area contributed by atoms with Crippen LogP contribution in [-0.2, 0) is 16.8 Å². The summed E-state index contributed by atoms with van der Waals surface area (Å²) in [6.45, 7) is 7.28. The van der Waals surface area contributed by atoms with Crippen LogP contribution in [0.3, 0.4) is 0 Å². The molecule has 0 fully saturated rings. The van der Waals surface area contributed by atoms with E-state index in [1.165, 1.54) is 30.5 Å².